The van der Waals surface area contributed by atoms with Crippen molar-refractivity contribution in [3.63, 3.8) is 0 Å². The molecule has 8 aromatic rings. The van der Waals surface area contributed by atoms with Crippen LogP contribution in [0.5, 0.6) is 23.0 Å². The summed E-state index contributed by atoms with van der Waals surface area (Å²) in [6.07, 6.45) is 14.2. The van der Waals surface area contributed by atoms with Gasteiger partial charge in [0.2, 0.25) is 0 Å². The smallest absolute Gasteiger partial charge is 0.271 e. The number of carbonyl (C=O) groups is 4. The van der Waals surface area contributed by atoms with Crippen molar-refractivity contribution in [3.05, 3.63) is 208 Å². The first-order valence-electron chi connectivity index (χ1n) is 33.6. The zero-order valence-corrected chi connectivity index (χ0v) is 61.9. The number of ether oxygens (including phenoxy) is 4. The summed E-state index contributed by atoms with van der Waals surface area (Å²) in [6.45, 7) is 28.4. The molecule has 4 amide bonds. The molecule has 0 atom stereocenters. The van der Waals surface area contributed by atoms with Gasteiger partial charge in [0.1, 0.15) is 66.4 Å². The number of rotatable bonds is 24. The quantitative estimate of drug-likeness (QED) is 0.0410. The van der Waals surface area contributed by atoms with E-state index in [9.17, 15) is 19.2 Å². The molecule has 4 heterocycles. The van der Waals surface area contributed by atoms with E-state index in [0.717, 1.165) is 66.8 Å². The van der Waals surface area contributed by atoms with Gasteiger partial charge in [0.15, 0.2) is 0 Å². The maximum Gasteiger partial charge on any atom is 0.271 e. The molecule has 528 valence electrons. The van der Waals surface area contributed by atoms with E-state index in [2.05, 4.69) is 193 Å². The van der Waals surface area contributed by atoms with E-state index in [1.54, 1.807) is 0 Å². The number of hydrogen-bond donors (Lipinski definition) is 4. The molecule has 0 radical (unpaired) electrons. The lowest BCUT2D eigenvalue weighted by Gasteiger charge is -2.29. The number of benzene rings is 4. The second kappa shape index (κ2) is 33.3. The number of amides is 4. The highest BCUT2D eigenvalue weighted by atomic mass is 35.5. The Kier molecular flexibility index (Phi) is 25.2. The van der Waals surface area contributed by atoms with Gasteiger partial charge < -0.3 is 40.2 Å². The molecule has 4 aromatic heterocycles. The Balaban J connectivity index is 1.22. The summed E-state index contributed by atoms with van der Waals surface area (Å²) in [5, 5.41) is 12.3. The lowest BCUT2D eigenvalue weighted by atomic mass is 9.79. The maximum atomic E-state index is 13.3. The Morgan fingerprint density at radius 1 is 0.320 bits per heavy atom. The molecule has 0 saturated heterocycles. The van der Waals surface area contributed by atoms with Gasteiger partial charge in [-0.05, 0) is 114 Å². The van der Waals surface area contributed by atoms with E-state index < -0.39 is 23.6 Å². The van der Waals surface area contributed by atoms with Crippen LogP contribution in [0.1, 0.15) is 217 Å². The molecule has 9 rings (SSSR count). The highest BCUT2D eigenvalue weighted by Gasteiger charge is 2.30. The fourth-order valence-electron chi connectivity index (χ4n) is 11.3. The summed E-state index contributed by atoms with van der Waals surface area (Å²) in [5.74, 6) is 1.08. The van der Waals surface area contributed by atoms with Gasteiger partial charge in [-0.15, -0.1) is 0 Å². The average Bonchev–Trinajstić information content (AvgIpc) is 0.763. The molecular formula is C76H88Cl4N12O8. The van der Waals surface area contributed by atoms with Crippen molar-refractivity contribution in [2.75, 3.05) is 52.6 Å². The largest absolute Gasteiger partial charge is 0.493 e. The van der Waals surface area contributed by atoms with Crippen LogP contribution in [0.15, 0.2) is 98.1 Å². The third-order valence-electron chi connectivity index (χ3n) is 16.7. The minimum atomic E-state index is -0.412. The monoisotopic (exact) mass is 1440 g/mol. The molecule has 8 bridgehead atoms. The molecule has 0 spiro atoms. The lowest BCUT2D eigenvalue weighted by Crippen LogP contribution is -2.27. The van der Waals surface area contributed by atoms with Crippen LogP contribution >= 0.6 is 46.4 Å². The number of fused-ring (bicyclic) bond motifs is 8. The van der Waals surface area contributed by atoms with Gasteiger partial charge in [-0.3, -0.25) is 39.1 Å². The number of nitrogens with one attached hydrogen (secondary N) is 4. The second-order valence-electron chi connectivity index (χ2n) is 28.9. The van der Waals surface area contributed by atoms with Crippen molar-refractivity contribution >= 4 is 70.0 Å². The summed E-state index contributed by atoms with van der Waals surface area (Å²) < 4.78 is 28.8. The van der Waals surface area contributed by atoms with Gasteiger partial charge in [0.05, 0.1) is 76.0 Å². The first kappa shape index (κ1) is 75.6. The fourth-order valence-corrected chi connectivity index (χ4v) is 11.9. The van der Waals surface area contributed by atoms with Crippen molar-refractivity contribution in [1.29, 1.82) is 0 Å². The summed E-state index contributed by atoms with van der Waals surface area (Å²) in [7, 11) is 0. The predicted octanol–water partition coefficient (Wildman–Crippen LogP) is 14.1. The van der Waals surface area contributed by atoms with Gasteiger partial charge in [-0.1, -0.05) is 178 Å². The molecular weight excluding hydrogens is 1350 g/mol. The fraction of sp³-hybridized carbons (Fsp3) is 0.421. The topological polar surface area (TPSA) is 256 Å². The molecule has 1 aliphatic rings. The predicted molar refractivity (Wildman–Crippen MR) is 390 cm³/mol. The van der Waals surface area contributed by atoms with Crippen LogP contribution in [0.2, 0.25) is 20.6 Å². The van der Waals surface area contributed by atoms with Crippen LogP contribution in [-0.4, -0.2) is 116 Å². The number of carbonyl (C=O) groups excluding carboxylic acids is 4. The average molecular weight is 1440 g/mol. The number of hydrogen-bond acceptors (Lipinski definition) is 16. The summed E-state index contributed by atoms with van der Waals surface area (Å²) in [4.78, 5) is 86.2. The molecule has 100 heavy (non-hydrogen) atoms. The lowest BCUT2D eigenvalue weighted by molar-refractivity contribution is 0.0938. The normalized spacial score (nSPS) is 12.5. The number of halogens is 4. The van der Waals surface area contributed by atoms with Gasteiger partial charge >= 0.3 is 0 Å². The zero-order valence-electron chi connectivity index (χ0n) is 58.9. The SMILES string of the molecule is CC(C)(C)c1cc2c(OCCCNC(=O)c3cncc(Cl)n3)c(c1)Cc1cc(C(C)(C)C)cc(c1OCCCNC(=O)c1cncc(Cl)n1)Cc1cc(C(C)(C)C)cc(c1OCCCNC(=O)c1cncc(Cl)n1)Cc1cc(C(C)(C)C)cc(c1OCCCNC(=O)c1cncc(Cl)n1)C2. The van der Waals surface area contributed by atoms with Crippen LogP contribution in [-0.2, 0) is 47.3 Å². The van der Waals surface area contributed by atoms with Crippen molar-refractivity contribution in [2.45, 2.75) is 156 Å². The molecule has 0 saturated carbocycles. The maximum absolute atomic E-state index is 13.3. The minimum absolute atomic E-state index is 0.101. The third kappa shape index (κ3) is 20.8. The third-order valence-corrected chi connectivity index (χ3v) is 17.5. The van der Waals surface area contributed by atoms with Crippen LogP contribution in [0.3, 0.4) is 0 Å². The molecule has 0 fully saturated rings. The molecule has 0 unspecified atom stereocenters. The highest BCUT2D eigenvalue weighted by molar-refractivity contribution is 6.30. The molecule has 1 aliphatic carbocycles. The van der Waals surface area contributed by atoms with E-state index in [1.807, 2.05) is 0 Å². The van der Waals surface area contributed by atoms with Gasteiger partial charge in [-0.25, -0.2) is 19.9 Å². The number of nitrogens with zero attached hydrogens (tertiary/aromatic N) is 8. The van der Waals surface area contributed by atoms with Crippen molar-refractivity contribution in [2.24, 2.45) is 0 Å². The molecule has 20 nitrogen and oxygen atoms in total. The first-order valence-corrected chi connectivity index (χ1v) is 35.1. The Morgan fingerprint density at radius 3 is 0.660 bits per heavy atom. The van der Waals surface area contributed by atoms with Gasteiger partial charge in [0, 0.05) is 51.9 Å². The molecule has 4 aromatic carbocycles. The van der Waals surface area contributed by atoms with E-state index in [4.69, 9.17) is 65.4 Å². The van der Waals surface area contributed by atoms with Crippen molar-refractivity contribution in [3.8, 4) is 23.0 Å². The molecule has 24 heteroatoms. The first-order chi connectivity index (χ1) is 47.4. The van der Waals surface area contributed by atoms with E-state index in [1.165, 1.54) is 49.6 Å². The second-order valence-corrected chi connectivity index (χ2v) is 30.5. The summed E-state index contributed by atoms with van der Waals surface area (Å²) in [5.41, 5.74) is 10.6. The van der Waals surface area contributed by atoms with Crippen LogP contribution in [0.4, 0.5) is 0 Å². The summed E-state index contributed by atoms with van der Waals surface area (Å²) in [6, 6.07) is 18.0. The van der Waals surface area contributed by atoms with Crippen molar-refractivity contribution < 1.29 is 38.1 Å². The van der Waals surface area contributed by atoms with Gasteiger partial charge in [-0.2, -0.15) is 0 Å². The highest BCUT2D eigenvalue weighted by Crippen LogP contribution is 2.45. The zero-order chi connectivity index (χ0) is 72.1. The Morgan fingerprint density at radius 2 is 0.500 bits per heavy atom. The van der Waals surface area contributed by atoms with Crippen LogP contribution in [0, 0.1) is 0 Å². The Labute approximate surface area is 605 Å². The Hall–Kier alpha value is -8.56. The van der Waals surface area contributed by atoms with E-state index >= 15 is 0 Å². The Bertz CT molecular complexity index is 3650. The summed E-state index contributed by atoms with van der Waals surface area (Å²) >= 11 is 24.5. The van der Waals surface area contributed by atoms with Crippen LogP contribution in [0.25, 0.3) is 0 Å². The van der Waals surface area contributed by atoms with Crippen molar-refractivity contribution in [1.82, 2.24) is 61.1 Å². The molecule has 4 N–H and O–H groups in total. The molecule has 0 aliphatic heterocycles. The standard InChI is InChI=1S/C76H88Cl4N12O8/c1-73(2,3)53-29-45-25-47-31-54(74(4,5)6)33-49(66(47)98-22-14-18-86-70(94)58-38-82-42-62(78)90-58)27-51-35-56(76(10,11)12)36-52(68(51)100-24-16-20-88-72(96)60-40-84-44-64(80)92-60)28-50-34-55(75(7,8)9)32-48(67(50)99-23-15-19-87-71(95)59-39-83-43-63(79)91-59)26-46(30-53)65(45)97-21-13-17-85-69(93)57-37-81-41-61(77)89-57/h29-44H,13-28H2,1-12H3,(H,85,93)(H,86,94)(H,87,95)(H,88,96). The minimum Gasteiger partial charge on any atom is -0.493 e. The van der Waals surface area contributed by atoms with E-state index in [0.29, 0.717) is 74.4 Å². The van der Waals surface area contributed by atoms with Crippen LogP contribution < -0.4 is 40.2 Å². The number of aromatic nitrogens is 8. The van der Waals surface area contributed by atoms with Gasteiger partial charge in [0.25, 0.3) is 23.6 Å². The van der Waals surface area contributed by atoms with E-state index in [-0.39, 0.29) is 118 Å².